The molecule has 0 radical (unpaired) electrons. The van der Waals surface area contributed by atoms with Crippen LogP contribution < -0.4 is 0 Å². The Balaban J connectivity index is 2.32. The average molecular weight is 283 g/mol. The van der Waals surface area contributed by atoms with E-state index in [2.05, 4.69) is 28.8 Å². The molecule has 0 aliphatic rings. The second-order valence-corrected chi connectivity index (χ2v) is 5.72. The maximum Gasteiger partial charge on any atom is 0.160 e. The summed E-state index contributed by atoms with van der Waals surface area (Å²) in [5.41, 5.74) is 2.18. The minimum absolute atomic E-state index is 0.0459. The molecular weight excluding hydrogens is 262 g/mol. The minimum Gasteiger partial charge on any atom is -0.389 e. The monoisotopic (exact) mass is 283 g/mol. The molecule has 2 unspecified atom stereocenters. The Morgan fingerprint density at radius 1 is 0.857 bits per heavy atom. The van der Waals surface area contributed by atoms with Gasteiger partial charge in [-0.3, -0.25) is 0 Å². The van der Waals surface area contributed by atoms with Gasteiger partial charge in [-0.15, -0.1) is 0 Å². The van der Waals surface area contributed by atoms with Gasteiger partial charge in [0.25, 0.3) is 0 Å². The Bertz CT molecular complexity index is 705. The van der Waals surface area contributed by atoms with Gasteiger partial charge in [0, 0.05) is 10.8 Å². The van der Waals surface area contributed by atoms with Gasteiger partial charge < -0.3 is 14.4 Å². The molecule has 21 heavy (non-hydrogen) atoms. The molecule has 3 aromatic rings. The third-order valence-electron chi connectivity index (χ3n) is 3.70. The SMILES string of the molecule is CC(C)OC(C(C)O)n1c2ccccc2c2ccccc21. The van der Waals surface area contributed by atoms with Crippen LogP contribution in [-0.4, -0.2) is 21.9 Å². The van der Waals surface area contributed by atoms with Crippen molar-refractivity contribution < 1.29 is 9.84 Å². The highest BCUT2D eigenvalue weighted by Gasteiger charge is 2.23. The highest BCUT2D eigenvalue weighted by atomic mass is 16.5. The fourth-order valence-electron chi connectivity index (χ4n) is 2.90. The predicted octanol–water partition coefficient (Wildman–Crippen LogP) is 4.10. The maximum absolute atomic E-state index is 10.2. The summed E-state index contributed by atoms with van der Waals surface area (Å²) in [4.78, 5) is 0. The molecule has 1 N–H and O–H groups in total. The molecule has 1 aromatic heterocycles. The molecule has 0 aliphatic carbocycles. The van der Waals surface area contributed by atoms with Gasteiger partial charge in [0.15, 0.2) is 6.23 Å². The molecule has 0 fully saturated rings. The molecule has 2 atom stereocenters. The normalized spacial score (nSPS) is 14.9. The van der Waals surface area contributed by atoms with Gasteiger partial charge >= 0.3 is 0 Å². The van der Waals surface area contributed by atoms with E-state index in [1.165, 1.54) is 10.8 Å². The van der Waals surface area contributed by atoms with Crippen LogP contribution in [-0.2, 0) is 4.74 Å². The van der Waals surface area contributed by atoms with Gasteiger partial charge in [0.2, 0.25) is 0 Å². The lowest BCUT2D eigenvalue weighted by atomic mass is 10.2. The number of para-hydroxylation sites is 2. The smallest absolute Gasteiger partial charge is 0.160 e. The second-order valence-electron chi connectivity index (χ2n) is 5.72. The minimum atomic E-state index is -0.591. The largest absolute Gasteiger partial charge is 0.389 e. The van der Waals surface area contributed by atoms with Crippen LogP contribution in [0.5, 0.6) is 0 Å². The summed E-state index contributed by atoms with van der Waals surface area (Å²) in [5.74, 6) is 0. The summed E-state index contributed by atoms with van der Waals surface area (Å²) in [6.45, 7) is 5.75. The van der Waals surface area contributed by atoms with Gasteiger partial charge in [-0.2, -0.15) is 0 Å². The summed E-state index contributed by atoms with van der Waals surface area (Å²) in [6.07, 6.45) is -0.939. The van der Waals surface area contributed by atoms with Crippen molar-refractivity contribution in [3.63, 3.8) is 0 Å². The van der Waals surface area contributed by atoms with E-state index >= 15 is 0 Å². The molecule has 0 spiro atoms. The van der Waals surface area contributed by atoms with E-state index in [-0.39, 0.29) is 6.10 Å². The summed E-state index contributed by atoms with van der Waals surface area (Å²) < 4.78 is 8.09. The van der Waals surface area contributed by atoms with Gasteiger partial charge in [0.1, 0.15) is 0 Å². The highest BCUT2D eigenvalue weighted by molar-refractivity contribution is 6.08. The highest BCUT2D eigenvalue weighted by Crippen LogP contribution is 2.33. The lowest BCUT2D eigenvalue weighted by Crippen LogP contribution is -2.26. The number of aromatic nitrogens is 1. The number of rotatable bonds is 4. The maximum atomic E-state index is 10.2. The van der Waals surface area contributed by atoms with E-state index in [0.29, 0.717) is 0 Å². The van der Waals surface area contributed by atoms with E-state index < -0.39 is 12.3 Å². The van der Waals surface area contributed by atoms with Crippen LogP contribution in [0.4, 0.5) is 0 Å². The molecule has 110 valence electrons. The Kier molecular flexibility index (Phi) is 3.70. The van der Waals surface area contributed by atoms with Crippen molar-refractivity contribution in [3.05, 3.63) is 48.5 Å². The van der Waals surface area contributed by atoms with Gasteiger partial charge in [-0.25, -0.2) is 0 Å². The predicted molar refractivity (Wildman–Crippen MR) is 86.4 cm³/mol. The Labute approximate surface area is 124 Å². The zero-order valence-corrected chi connectivity index (χ0v) is 12.7. The van der Waals surface area contributed by atoms with Crippen molar-refractivity contribution in [1.82, 2.24) is 4.57 Å². The lowest BCUT2D eigenvalue weighted by Gasteiger charge is -2.26. The van der Waals surface area contributed by atoms with Gasteiger partial charge in [-0.05, 0) is 32.9 Å². The number of ether oxygens (including phenoxy) is 1. The van der Waals surface area contributed by atoms with Crippen LogP contribution in [0.1, 0.15) is 27.0 Å². The zero-order valence-electron chi connectivity index (χ0n) is 12.7. The molecule has 0 saturated heterocycles. The van der Waals surface area contributed by atoms with Crippen LogP contribution >= 0.6 is 0 Å². The molecule has 3 nitrogen and oxygen atoms in total. The first-order valence-corrected chi connectivity index (χ1v) is 7.41. The summed E-state index contributed by atoms with van der Waals surface area (Å²) in [5, 5.41) is 12.6. The average Bonchev–Trinajstić information content (AvgIpc) is 2.79. The summed E-state index contributed by atoms with van der Waals surface area (Å²) >= 11 is 0. The van der Waals surface area contributed by atoms with Gasteiger partial charge in [-0.1, -0.05) is 36.4 Å². The number of fused-ring (bicyclic) bond motifs is 3. The number of aliphatic hydroxyl groups excluding tert-OH is 1. The van der Waals surface area contributed by atoms with Crippen molar-refractivity contribution in [3.8, 4) is 0 Å². The quantitative estimate of drug-likeness (QED) is 0.782. The number of nitrogens with zero attached hydrogens (tertiary/aromatic N) is 1. The molecule has 0 bridgehead atoms. The third-order valence-corrected chi connectivity index (χ3v) is 3.70. The van der Waals surface area contributed by atoms with Crippen molar-refractivity contribution in [2.24, 2.45) is 0 Å². The first-order valence-electron chi connectivity index (χ1n) is 7.41. The van der Waals surface area contributed by atoms with Crippen LogP contribution in [0.25, 0.3) is 21.8 Å². The number of hydrogen-bond acceptors (Lipinski definition) is 2. The molecule has 3 rings (SSSR count). The number of benzene rings is 2. The topological polar surface area (TPSA) is 34.4 Å². The zero-order chi connectivity index (χ0) is 15.0. The van der Waals surface area contributed by atoms with E-state index in [1.54, 1.807) is 6.92 Å². The standard InChI is InChI=1S/C18H21NO2/c1-12(2)21-18(13(3)20)19-16-10-6-4-8-14(16)15-9-5-7-11-17(15)19/h4-13,18,20H,1-3H3. The Morgan fingerprint density at radius 3 is 1.76 bits per heavy atom. The van der Waals surface area contributed by atoms with Crippen LogP contribution in [0, 0.1) is 0 Å². The summed E-state index contributed by atoms with van der Waals surface area (Å²) in [7, 11) is 0. The summed E-state index contributed by atoms with van der Waals surface area (Å²) in [6, 6.07) is 16.5. The van der Waals surface area contributed by atoms with Crippen LogP contribution in [0.2, 0.25) is 0 Å². The Morgan fingerprint density at radius 2 is 1.33 bits per heavy atom. The van der Waals surface area contributed by atoms with Crippen molar-refractivity contribution >= 4 is 21.8 Å². The van der Waals surface area contributed by atoms with Crippen LogP contribution in [0.3, 0.4) is 0 Å². The van der Waals surface area contributed by atoms with Gasteiger partial charge in [0.05, 0.1) is 23.2 Å². The van der Waals surface area contributed by atoms with E-state index in [4.69, 9.17) is 4.74 Å². The number of hydrogen-bond donors (Lipinski definition) is 1. The van der Waals surface area contributed by atoms with E-state index in [0.717, 1.165) is 11.0 Å². The molecule has 2 aromatic carbocycles. The van der Waals surface area contributed by atoms with Crippen molar-refractivity contribution in [2.75, 3.05) is 0 Å². The first kappa shape index (κ1) is 14.1. The van der Waals surface area contributed by atoms with E-state index in [1.807, 2.05) is 38.1 Å². The molecule has 3 heteroatoms. The molecular formula is C18H21NO2. The fourth-order valence-corrected chi connectivity index (χ4v) is 2.90. The fraction of sp³-hybridized carbons (Fsp3) is 0.333. The first-order chi connectivity index (χ1) is 10.1. The van der Waals surface area contributed by atoms with E-state index in [9.17, 15) is 5.11 Å². The lowest BCUT2D eigenvalue weighted by molar-refractivity contribution is -0.0962. The molecule has 0 amide bonds. The van der Waals surface area contributed by atoms with Crippen molar-refractivity contribution in [1.29, 1.82) is 0 Å². The molecule has 0 aliphatic heterocycles. The Hall–Kier alpha value is -1.84. The number of aliphatic hydroxyl groups is 1. The molecule has 0 saturated carbocycles. The van der Waals surface area contributed by atoms with Crippen LogP contribution in [0.15, 0.2) is 48.5 Å². The molecule has 1 heterocycles. The van der Waals surface area contributed by atoms with Crippen molar-refractivity contribution in [2.45, 2.75) is 39.2 Å². The second kappa shape index (κ2) is 5.51. The third kappa shape index (κ3) is 2.43.